The van der Waals surface area contributed by atoms with Gasteiger partial charge in [-0.2, -0.15) is 0 Å². The van der Waals surface area contributed by atoms with E-state index in [0.29, 0.717) is 17.0 Å². The van der Waals surface area contributed by atoms with E-state index < -0.39 is 10.0 Å². The van der Waals surface area contributed by atoms with Crippen LogP contribution < -0.4 is 4.72 Å². The number of aryl methyl sites for hydroxylation is 2. The van der Waals surface area contributed by atoms with E-state index in [1.807, 2.05) is 42.5 Å². The number of sulfonamides is 1. The van der Waals surface area contributed by atoms with Crippen molar-refractivity contribution in [2.75, 3.05) is 4.72 Å². The number of allylic oxidation sites excluding steroid dienone is 1. The van der Waals surface area contributed by atoms with Crippen LogP contribution in [0.4, 0.5) is 5.69 Å². The molecular formula is C21H20N4O2S. The summed E-state index contributed by atoms with van der Waals surface area (Å²) >= 11 is 0. The highest BCUT2D eigenvalue weighted by molar-refractivity contribution is 7.96. The van der Waals surface area contributed by atoms with Crippen molar-refractivity contribution in [2.45, 2.75) is 32.2 Å². The maximum Gasteiger partial charge on any atom is 0.258 e. The van der Waals surface area contributed by atoms with E-state index in [4.69, 9.17) is 0 Å². The van der Waals surface area contributed by atoms with Crippen LogP contribution in [0, 0.1) is 0 Å². The topological polar surface area (TPSA) is 76.9 Å². The number of hydrogen-bond acceptors (Lipinski definition) is 4. The number of benzene rings is 2. The van der Waals surface area contributed by atoms with Crippen molar-refractivity contribution >= 4 is 21.8 Å². The Hall–Kier alpha value is -2.93. The lowest BCUT2D eigenvalue weighted by Gasteiger charge is -2.17. The predicted octanol–water partition coefficient (Wildman–Crippen LogP) is 3.62. The summed E-state index contributed by atoms with van der Waals surface area (Å²) in [5, 5.41) is 8.52. The minimum absolute atomic E-state index is 0.417. The highest BCUT2D eigenvalue weighted by atomic mass is 32.2. The summed E-state index contributed by atoms with van der Waals surface area (Å²) in [4.78, 5) is 0.417. The fraction of sp³-hybridized carbons (Fsp3) is 0.238. The largest absolute Gasteiger partial charge is 0.311 e. The Labute approximate surface area is 164 Å². The average molecular weight is 392 g/mol. The molecule has 0 spiro atoms. The summed E-state index contributed by atoms with van der Waals surface area (Å²) in [5.74, 6) is 1.78. The average Bonchev–Trinajstić information content (AvgIpc) is 3.31. The van der Waals surface area contributed by atoms with Crippen molar-refractivity contribution in [1.82, 2.24) is 14.8 Å². The summed E-state index contributed by atoms with van der Waals surface area (Å²) < 4.78 is 30.7. The van der Waals surface area contributed by atoms with Gasteiger partial charge in [-0.3, -0.25) is 4.72 Å². The number of anilines is 1. The molecule has 1 aliphatic carbocycles. The molecule has 0 amide bonds. The van der Waals surface area contributed by atoms with Crippen LogP contribution in [0.2, 0.25) is 0 Å². The summed E-state index contributed by atoms with van der Waals surface area (Å²) in [6.07, 6.45) is 5.02. The summed E-state index contributed by atoms with van der Waals surface area (Å²) in [7, 11) is -3.61. The molecule has 2 heterocycles. The van der Waals surface area contributed by atoms with Gasteiger partial charge in [0, 0.05) is 24.2 Å². The molecule has 6 nitrogen and oxygen atoms in total. The monoisotopic (exact) mass is 392 g/mol. The van der Waals surface area contributed by atoms with Crippen LogP contribution in [-0.4, -0.2) is 23.2 Å². The van der Waals surface area contributed by atoms with Gasteiger partial charge in [-0.1, -0.05) is 36.4 Å². The molecule has 1 N–H and O–H groups in total. The lowest BCUT2D eigenvalue weighted by atomic mass is 9.98. The van der Waals surface area contributed by atoms with Gasteiger partial charge in [0.15, 0.2) is 5.82 Å². The fourth-order valence-corrected chi connectivity index (χ4v) is 5.15. The van der Waals surface area contributed by atoms with E-state index in [1.54, 1.807) is 12.1 Å². The summed E-state index contributed by atoms with van der Waals surface area (Å²) in [6, 6.07) is 15.3. The van der Waals surface area contributed by atoms with Crippen LogP contribution in [0.1, 0.15) is 29.8 Å². The van der Waals surface area contributed by atoms with Crippen molar-refractivity contribution in [3.05, 3.63) is 70.4 Å². The molecule has 1 aliphatic heterocycles. The van der Waals surface area contributed by atoms with Gasteiger partial charge in [0.2, 0.25) is 0 Å². The number of hydrogen-bond donors (Lipinski definition) is 1. The molecule has 1 aromatic heterocycles. The normalized spacial score (nSPS) is 15.6. The SMILES string of the molecule is O=S(=O)(Nc1cccc(-c2nnc3n2CCC3)c1)C1=Cc2ccccc2CC1. The smallest absolute Gasteiger partial charge is 0.258 e. The van der Waals surface area contributed by atoms with E-state index in [2.05, 4.69) is 19.5 Å². The van der Waals surface area contributed by atoms with Crippen LogP contribution >= 0.6 is 0 Å². The Bertz CT molecular complexity index is 1190. The Kier molecular flexibility index (Phi) is 4.05. The fourth-order valence-electron chi connectivity index (χ4n) is 3.92. The maximum absolute atomic E-state index is 12.9. The number of fused-ring (bicyclic) bond motifs is 2. The molecule has 0 atom stereocenters. The zero-order chi connectivity index (χ0) is 19.1. The van der Waals surface area contributed by atoms with Gasteiger partial charge in [-0.25, -0.2) is 8.42 Å². The van der Waals surface area contributed by atoms with Crippen molar-refractivity contribution in [3.8, 4) is 11.4 Å². The van der Waals surface area contributed by atoms with Gasteiger partial charge in [-0.05, 0) is 48.6 Å². The van der Waals surface area contributed by atoms with Crippen molar-refractivity contribution in [3.63, 3.8) is 0 Å². The van der Waals surface area contributed by atoms with E-state index in [1.165, 1.54) is 5.56 Å². The Morgan fingerprint density at radius 3 is 2.79 bits per heavy atom. The second kappa shape index (κ2) is 6.60. The van der Waals surface area contributed by atoms with Gasteiger partial charge < -0.3 is 4.57 Å². The first kappa shape index (κ1) is 17.2. The van der Waals surface area contributed by atoms with Gasteiger partial charge in [0.25, 0.3) is 10.0 Å². The second-order valence-electron chi connectivity index (χ2n) is 7.19. The molecule has 28 heavy (non-hydrogen) atoms. The summed E-state index contributed by atoms with van der Waals surface area (Å²) in [5.41, 5.74) is 3.56. The zero-order valence-electron chi connectivity index (χ0n) is 15.3. The molecule has 0 saturated carbocycles. The van der Waals surface area contributed by atoms with Crippen LogP contribution in [0.3, 0.4) is 0 Å². The van der Waals surface area contributed by atoms with Crippen molar-refractivity contribution in [2.24, 2.45) is 0 Å². The van der Waals surface area contributed by atoms with Gasteiger partial charge in [0.1, 0.15) is 5.82 Å². The number of rotatable bonds is 4. The van der Waals surface area contributed by atoms with Crippen LogP contribution in [0.15, 0.2) is 53.4 Å². The molecule has 2 aliphatic rings. The minimum atomic E-state index is -3.61. The van der Waals surface area contributed by atoms with Crippen LogP contribution in [-0.2, 0) is 29.4 Å². The van der Waals surface area contributed by atoms with E-state index >= 15 is 0 Å². The lowest BCUT2D eigenvalue weighted by molar-refractivity contribution is 0.605. The first-order valence-corrected chi connectivity index (χ1v) is 10.9. The third kappa shape index (κ3) is 3.01. The number of aromatic nitrogens is 3. The highest BCUT2D eigenvalue weighted by Gasteiger charge is 2.23. The number of nitrogens with zero attached hydrogens (tertiary/aromatic N) is 3. The standard InChI is InChI=1S/C21H20N4O2S/c26-28(27,19-11-10-15-5-1-2-6-16(15)14-19)24-18-8-3-7-17(13-18)21-23-22-20-9-4-12-25(20)21/h1-3,5-8,13-14,24H,4,9-12H2. The molecule has 0 saturated heterocycles. The molecule has 2 aromatic carbocycles. The van der Waals surface area contributed by atoms with Gasteiger partial charge in [-0.15, -0.1) is 10.2 Å². The Balaban J connectivity index is 1.44. The third-order valence-corrected chi connectivity index (χ3v) is 6.86. The third-order valence-electron chi connectivity index (χ3n) is 5.34. The van der Waals surface area contributed by atoms with Crippen molar-refractivity contribution < 1.29 is 8.42 Å². The zero-order valence-corrected chi connectivity index (χ0v) is 16.1. The quantitative estimate of drug-likeness (QED) is 0.736. The highest BCUT2D eigenvalue weighted by Crippen LogP contribution is 2.30. The lowest BCUT2D eigenvalue weighted by Crippen LogP contribution is -2.17. The molecule has 5 rings (SSSR count). The van der Waals surface area contributed by atoms with Crippen LogP contribution in [0.5, 0.6) is 0 Å². The Morgan fingerprint density at radius 1 is 0.964 bits per heavy atom. The molecule has 0 fully saturated rings. The molecule has 3 aromatic rings. The van der Waals surface area contributed by atoms with E-state index in [-0.39, 0.29) is 0 Å². The molecule has 7 heteroatoms. The first-order chi connectivity index (χ1) is 13.6. The molecular weight excluding hydrogens is 372 g/mol. The predicted molar refractivity (Wildman–Crippen MR) is 109 cm³/mol. The minimum Gasteiger partial charge on any atom is -0.311 e. The summed E-state index contributed by atoms with van der Waals surface area (Å²) in [6.45, 7) is 0.903. The molecule has 0 radical (unpaired) electrons. The van der Waals surface area contributed by atoms with Gasteiger partial charge >= 0.3 is 0 Å². The first-order valence-electron chi connectivity index (χ1n) is 9.44. The van der Waals surface area contributed by atoms with Crippen molar-refractivity contribution in [1.29, 1.82) is 0 Å². The Morgan fingerprint density at radius 2 is 1.86 bits per heavy atom. The molecule has 0 unspecified atom stereocenters. The number of nitrogens with one attached hydrogen (secondary N) is 1. The van der Waals surface area contributed by atoms with Gasteiger partial charge in [0.05, 0.1) is 4.91 Å². The van der Waals surface area contributed by atoms with Crippen LogP contribution in [0.25, 0.3) is 17.5 Å². The maximum atomic E-state index is 12.9. The second-order valence-corrected chi connectivity index (χ2v) is 8.93. The molecule has 0 bridgehead atoms. The van der Waals surface area contributed by atoms with E-state index in [0.717, 1.165) is 48.6 Å². The van der Waals surface area contributed by atoms with E-state index in [9.17, 15) is 8.42 Å². The molecule has 142 valence electrons.